The van der Waals surface area contributed by atoms with E-state index in [0.29, 0.717) is 29.1 Å². The molecule has 140 valence electrons. The van der Waals surface area contributed by atoms with Gasteiger partial charge in [-0.2, -0.15) is 10.1 Å². The van der Waals surface area contributed by atoms with Gasteiger partial charge in [-0.05, 0) is 19.1 Å². The van der Waals surface area contributed by atoms with Crippen molar-refractivity contribution < 1.29 is 18.7 Å². The predicted molar refractivity (Wildman–Crippen MR) is 95.9 cm³/mol. The summed E-state index contributed by atoms with van der Waals surface area (Å²) in [6.45, 7) is 2.26. The number of aromatic nitrogens is 3. The van der Waals surface area contributed by atoms with E-state index in [9.17, 15) is 9.18 Å². The van der Waals surface area contributed by atoms with Crippen molar-refractivity contribution in [2.24, 2.45) is 0 Å². The monoisotopic (exact) mass is 390 g/mol. The third-order valence-electron chi connectivity index (χ3n) is 4.40. The van der Waals surface area contributed by atoms with Crippen molar-refractivity contribution in [3.63, 3.8) is 0 Å². The molecule has 0 fully saturated rings. The number of hydrogen-bond donors (Lipinski definition) is 0. The van der Waals surface area contributed by atoms with Crippen LogP contribution in [0.25, 0.3) is 5.65 Å². The standard InChI is InChI=1S/C18H16ClFN4O3/c1-10-15-13(4-3-12(20)16(15)19)26-8-7-23(2)18(25)11-9-21-24-6-5-14(27-10)22-17(11)24/h3-6,9-10H,7-8H2,1-2H3. The van der Waals surface area contributed by atoms with Crippen molar-refractivity contribution in [2.45, 2.75) is 13.0 Å². The maximum atomic E-state index is 14.0. The van der Waals surface area contributed by atoms with Gasteiger partial charge in [0, 0.05) is 19.3 Å². The van der Waals surface area contributed by atoms with Gasteiger partial charge < -0.3 is 14.4 Å². The number of benzene rings is 1. The van der Waals surface area contributed by atoms with Crippen molar-refractivity contribution in [3.05, 3.63) is 52.6 Å². The molecule has 3 heterocycles. The average molecular weight is 391 g/mol. The van der Waals surface area contributed by atoms with Gasteiger partial charge in [-0.15, -0.1) is 0 Å². The maximum Gasteiger partial charge on any atom is 0.259 e. The molecule has 0 aliphatic carbocycles. The summed E-state index contributed by atoms with van der Waals surface area (Å²) in [5.41, 5.74) is 1.12. The Morgan fingerprint density at radius 3 is 2.96 bits per heavy atom. The molecule has 1 aliphatic rings. The minimum atomic E-state index is -0.626. The minimum Gasteiger partial charge on any atom is -0.491 e. The molecule has 2 bridgehead atoms. The number of carbonyl (C=O) groups excluding carboxylic acids is 1. The molecule has 0 radical (unpaired) electrons. The number of amides is 1. The fraction of sp³-hybridized carbons (Fsp3) is 0.278. The zero-order valence-corrected chi connectivity index (χ0v) is 15.4. The second kappa shape index (κ2) is 6.70. The second-order valence-corrected chi connectivity index (χ2v) is 6.58. The number of fused-ring (bicyclic) bond motifs is 2. The number of ether oxygens (including phenoxy) is 2. The van der Waals surface area contributed by atoms with Crippen LogP contribution in [-0.4, -0.2) is 45.6 Å². The number of nitrogens with zero attached hydrogens (tertiary/aromatic N) is 4. The molecular weight excluding hydrogens is 375 g/mol. The highest BCUT2D eigenvalue weighted by Gasteiger charge is 2.24. The summed E-state index contributed by atoms with van der Waals surface area (Å²) in [5, 5.41) is 4.08. The normalized spacial score (nSPS) is 17.6. The number of carbonyl (C=O) groups is 1. The highest BCUT2D eigenvalue weighted by atomic mass is 35.5. The molecule has 3 aromatic rings. The lowest BCUT2D eigenvalue weighted by Gasteiger charge is -2.20. The third-order valence-corrected chi connectivity index (χ3v) is 4.79. The number of rotatable bonds is 0. The third kappa shape index (κ3) is 3.06. The Morgan fingerprint density at radius 2 is 2.15 bits per heavy atom. The van der Waals surface area contributed by atoms with Crippen molar-refractivity contribution in [2.75, 3.05) is 20.2 Å². The van der Waals surface area contributed by atoms with Crippen LogP contribution in [0.1, 0.15) is 28.9 Å². The molecule has 1 unspecified atom stereocenters. The lowest BCUT2D eigenvalue weighted by atomic mass is 10.1. The molecule has 7 nitrogen and oxygen atoms in total. The Morgan fingerprint density at radius 1 is 1.33 bits per heavy atom. The molecule has 1 aromatic carbocycles. The van der Waals surface area contributed by atoms with E-state index in [2.05, 4.69) is 10.1 Å². The van der Waals surface area contributed by atoms with Crippen molar-refractivity contribution in [3.8, 4) is 11.6 Å². The number of halogens is 2. The average Bonchev–Trinajstić information content (AvgIpc) is 3.06. The van der Waals surface area contributed by atoms with Crippen LogP contribution in [0.3, 0.4) is 0 Å². The highest BCUT2D eigenvalue weighted by Crippen LogP contribution is 2.36. The van der Waals surface area contributed by atoms with E-state index in [-0.39, 0.29) is 23.4 Å². The Balaban J connectivity index is 1.85. The Kier molecular flexibility index (Phi) is 4.35. The Hall–Kier alpha value is -2.87. The van der Waals surface area contributed by atoms with E-state index in [0.717, 1.165) is 0 Å². The van der Waals surface area contributed by atoms with Gasteiger partial charge in [-0.1, -0.05) is 11.6 Å². The van der Waals surface area contributed by atoms with Crippen LogP contribution in [0.2, 0.25) is 5.02 Å². The number of likely N-dealkylation sites (N-methyl/N-ethyl adjacent to an activating group) is 1. The molecule has 1 amide bonds. The van der Waals surface area contributed by atoms with E-state index in [1.807, 2.05) is 0 Å². The van der Waals surface area contributed by atoms with Crippen molar-refractivity contribution >= 4 is 23.2 Å². The van der Waals surface area contributed by atoms with Crippen molar-refractivity contribution in [1.29, 1.82) is 0 Å². The van der Waals surface area contributed by atoms with Crippen LogP contribution in [-0.2, 0) is 0 Å². The van der Waals surface area contributed by atoms with Gasteiger partial charge in [-0.25, -0.2) is 8.91 Å². The topological polar surface area (TPSA) is 69.0 Å². The summed E-state index contributed by atoms with van der Waals surface area (Å²) in [6.07, 6.45) is 2.49. The Labute approximate surface area is 159 Å². The van der Waals surface area contributed by atoms with Gasteiger partial charge in [0.2, 0.25) is 5.88 Å². The molecule has 0 saturated carbocycles. The summed E-state index contributed by atoms with van der Waals surface area (Å²) in [4.78, 5) is 18.6. The quantitative estimate of drug-likeness (QED) is 0.590. The summed E-state index contributed by atoms with van der Waals surface area (Å²) >= 11 is 6.18. The first-order chi connectivity index (χ1) is 13.0. The zero-order valence-electron chi connectivity index (χ0n) is 14.6. The first-order valence-electron chi connectivity index (χ1n) is 8.33. The molecule has 9 heteroatoms. The van der Waals surface area contributed by atoms with Crippen LogP contribution in [0.4, 0.5) is 4.39 Å². The van der Waals surface area contributed by atoms with E-state index in [1.165, 1.54) is 27.7 Å². The molecular formula is C18H16ClFN4O3. The number of hydrogen-bond acceptors (Lipinski definition) is 5. The van der Waals surface area contributed by atoms with Gasteiger partial charge in [0.15, 0.2) is 5.65 Å². The fourth-order valence-electron chi connectivity index (χ4n) is 2.96. The van der Waals surface area contributed by atoms with Gasteiger partial charge in [0.1, 0.15) is 29.8 Å². The summed E-state index contributed by atoms with van der Waals surface area (Å²) < 4.78 is 27.2. The van der Waals surface area contributed by atoms with Gasteiger partial charge in [-0.3, -0.25) is 4.79 Å². The highest BCUT2D eigenvalue weighted by molar-refractivity contribution is 6.31. The first-order valence-corrected chi connectivity index (χ1v) is 8.70. The summed E-state index contributed by atoms with van der Waals surface area (Å²) in [5.74, 6) is -0.133. The van der Waals surface area contributed by atoms with E-state index in [4.69, 9.17) is 21.1 Å². The largest absolute Gasteiger partial charge is 0.491 e. The fourth-order valence-corrected chi connectivity index (χ4v) is 3.27. The molecule has 0 N–H and O–H groups in total. The van der Waals surface area contributed by atoms with E-state index in [1.54, 1.807) is 26.2 Å². The predicted octanol–water partition coefficient (Wildman–Crippen LogP) is 3.13. The van der Waals surface area contributed by atoms with Crippen molar-refractivity contribution in [1.82, 2.24) is 19.5 Å². The summed E-state index contributed by atoms with van der Waals surface area (Å²) in [6, 6.07) is 4.36. The smallest absolute Gasteiger partial charge is 0.259 e. The maximum absolute atomic E-state index is 14.0. The molecule has 1 aliphatic heterocycles. The lowest BCUT2D eigenvalue weighted by Crippen LogP contribution is -2.31. The minimum absolute atomic E-state index is 0.0644. The summed E-state index contributed by atoms with van der Waals surface area (Å²) in [7, 11) is 1.66. The van der Waals surface area contributed by atoms with Gasteiger partial charge in [0.05, 0.1) is 23.3 Å². The molecule has 0 saturated heterocycles. The molecule has 4 rings (SSSR count). The lowest BCUT2D eigenvalue weighted by molar-refractivity contribution is 0.0775. The van der Waals surface area contributed by atoms with Crippen LogP contribution in [0, 0.1) is 5.82 Å². The van der Waals surface area contributed by atoms with Crippen LogP contribution >= 0.6 is 11.6 Å². The van der Waals surface area contributed by atoms with Crippen LogP contribution in [0.5, 0.6) is 11.6 Å². The van der Waals surface area contributed by atoms with Crippen LogP contribution < -0.4 is 9.47 Å². The van der Waals surface area contributed by atoms with Crippen LogP contribution in [0.15, 0.2) is 30.6 Å². The molecule has 0 spiro atoms. The van der Waals surface area contributed by atoms with E-state index >= 15 is 0 Å². The Bertz CT molecular complexity index is 1040. The van der Waals surface area contributed by atoms with E-state index < -0.39 is 11.9 Å². The second-order valence-electron chi connectivity index (χ2n) is 6.20. The SMILES string of the molecule is CC1Oc2ccn3ncc(c3n2)C(=O)N(C)CCOc2ccc(F)c(Cl)c21. The van der Waals surface area contributed by atoms with Gasteiger partial charge >= 0.3 is 0 Å². The first kappa shape index (κ1) is 17.5. The molecule has 2 aromatic heterocycles. The van der Waals surface area contributed by atoms with Gasteiger partial charge in [0.25, 0.3) is 5.91 Å². The molecule has 1 atom stereocenters. The zero-order chi connectivity index (χ0) is 19.1. The molecule has 27 heavy (non-hydrogen) atoms.